The summed E-state index contributed by atoms with van der Waals surface area (Å²) in [5, 5.41) is 9.05. The second-order valence-electron chi connectivity index (χ2n) is 9.21. The number of rotatable bonds is 7. The molecule has 148 valence electrons. The summed E-state index contributed by atoms with van der Waals surface area (Å²) < 4.78 is 0. The van der Waals surface area contributed by atoms with Crippen molar-refractivity contribution in [1.29, 1.82) is 5.26 Å². The molecule has 1 atom stereocenters. The van der Waals surface area contributed by atoms with Gasteiger partial charge < -0.3 is 0 Å². The fraction of sp³-hybridized carbons (Fsp3) is 0.792. The molecule has 1 heterocycles. The highest BCUT2D eigenvalue weighted by Gasteiger charge is 2.25. The van der Waals surface area contributed by atoms with Crippen LogP contribution in [0.3, 0.4) is 0 Å². The van der Waals surface area contributed by atoms with E-state index in [-0.39, 0.29) is 5.92 Å². The minimum absolute atomic E-state index is 0.251. The van der Waals surface area contributed by atoms with Crippen LogP contribution in [0.1, 0.15) is 114 Å². The molecular weight excluding hydrogens is 330 g/mol. The summed E-state index contributed by atoms with van der Waals surface area (Å²) >= 11 is 0. The molecule has 3 heteroatoms. The van der Waals surface area contributed by atoms with Crippen molar-refractivity contribution in [1.82, 2.24) is 9.97 Å². The van der Waals surface area contributed by atoms with Crippen molar-refractivity contribution < 1.29 is 0 Å². The fourth-order valence-electron chi connectivity index (χ4n) is 4.99. The van der Waals surface area contributed by atoms with Gasteiger partial charge in [0.25, 0.3) is 0 Å². The van der Waals surface area contributed by atoms with Gasteiger partial charge in [0.05, 0.1) is 6.07 Å². The first-order valence-corrected chi connectivity index (χ1v) is 11.4. The maximum atomic E-state index is 9.05. The van der Waals surface area contributed by atoms with Crippen LogP contribution < -0.4 is 0 Å². The molecule has 0 saturated heterocycles. The van der Waals surface area contributed by atoms with Crippen LogP contribution in [-0.4, -0.2) is 9.97 Å². The highest BCUT2D eigenvalue weighted by atomic mass is 14.9. The third-order valence-corrected chi connectivity index (χ3v) is 7.29. The Labute approximate surface area is 166 Å². The molecule has 0 N–H and O–H groups in total. The van der Waals surface area contributed by atoms with E-state index in [2.05, 4.69) is 32.3 Å². The monoisotopic (exact) mass is 367 g/mol. The van der Waals surface area contributed by atoms with Gasteiger partial charge in [0.1, 0.15) is 5.82 Å². The van der Waals surface area contributed by atoms with Crippen LogP contribution in [0, 0.1) is 29.1 Å². The lowest BCUT2D eigenvalue weighted by atomic mass is 9.77. The van der Waals surface area contributed by atoms with Gasteiger partial charge in [0, 0.05) is 24.2 Å². The lowest BCUT2D eigenvalue weighted by molar-refractivity contribution is 0.295. The molecule has 0 aromatic carbocycles. The summed E-state index contributed by atoms with van der Waals surface area (Å²) in [6.45, 7) is 4.69. The Morgan fingerprint density at radius 1 is 1.00 bits per heavy atom. The minimum atomic E-state index is 0.251. The Morgan fingerprint density at radius 3 is 2.22 bits per heavy atom. The van der Waals surface area contributed by atoms with Crippen molar-refractivity contribution in [2.75, 3.05) is 0 Å². The van der Waals surface area contributed by atoms with Gasteiger partial charge in [-0.3, -0.25) is 0 Å². The molecule has 1 aromatic heterocycles. The van der Waals surface area contributed by atoms with Gasteiger partial charge in [-0.05, 0) is 74.7 Å². The van der Waals surface area contributed by atoms with Gasteiger partial charge in [0.2, 0.25) is 0 Å². The van der Waals surface area contributed by atoms with Crippen LogP contribution in [0.15, 0.2) is 12.4 Å². The van der Waals surface area contributed by atoms with Crippen LogP contribution in [0.5, 0.6) is 0 Å². The molecule has 0 bridgehead atoms. The quantitative estimate of drug-likeness (QED) is 0.534. The van der Waals surface area contributed by atoms with Crippen molar-refractivity contribution in [2.45, 2.75) is 103 Å². The smallest absolute Gasteiger partial charge is 0.131 e. The summed E-state index contributed by atoms with van der Waals surface area (Å²) in [5.41, 5.74) is 1.35. The highest BCUT2D eigenvalue weighted by Crippen LogP contribution is 2.38. The first-order valence-electron chi connectivity index (χ1n) is 11.4. The molecule has 0 amide bonds. The van der Waals surface area contributed by atoms with Crippen molar-refractivity contribution in [2.24, 2.45) is 17.8 Å². The molecule has 27 heavy (non-hydrogen) atoms. The third kappa shape index (κ3) is 5.77. The molecule has 2 aliphatic rings. The summed E-state index contributed by atoms with van der Waals surface area (Å²) in [4.78, 5) is 9.46. The fourth-order valence-corrected chi connectivity index (χ4v) is 4.99. The van der Waals surface area contributed by atoms with Gasteiger partial charge in [-0.1, -0.05) is 39.5 Å². The van der Waals surface area contributed by atoms with Gasteiger partial charge in [-0.25, -0.2) is 9.97 Å². The van der Waals surface area contributed by atoms with Gasteiger partial charge in [0.15, 0.2) is 0 Å². The maximum Gasteiger partial charge on any atom is 0.131 e. The zero-order chi connectivity index (χ0) is 19.1. The van der Waals surface area contributed by atoms with Crippen molar-refractivity contribution >= 4 is 0 Å². The summed E-state index contributed by atoms with van der Waals surface area (Å²) in [7, 11) is 0. The largest absolute Gasteiger partial charge is 0.241 e. The number of aromatic nitrogens is 2. The number of hydrogen-bond acceptors (Lipinski definition) is 3. The van der Waals surface area contributed by atoms with Crippen LogP contribution in [0.2, 0.25) is 0 Å². The molecule has 0 radical (unpaired) electrons. The van der Waals surface area contributed by atoms with E-state index in [4.69, 9.17) is 15.2 Å². The standard InChI is InChI=1S/C24H37N3/c1-3-18(2)5-4-6-19-7-11-21(12-8-19)23-16-26-24(27-17-23)22-13-9-20(15-25)10-14-22/h16-22H,3-14H2,1-2H3/t18?,19-,20-,21-,22-. The third-order valence-electron chi connectivity index (χ3n) is 7.29. The Bertz CT molecular complexity index is 587. The normalized spacial score (nSPS) is 29.8. The van der Waals surface area contributed by atoms with E-state index in [0.29, 0.717) is 11.8 Å². The molecule has 2 saturated carbocycles. The van der Waals surface area contributed by atoms with E-state index in [1.54, 1.807) is 0 Å². The summed E-state index contributed by atoms with van der Waals surface area (Å²) in [6.07, 6.45) is 19.3. The Balaban J connectivity index is 1.43. The molecule has 1 unspecified atom stereocenters. The van der Waals surface area contributed by atoms with Crippen molar-refractivity contribution in [3.63, 3.8) is 0 Å². The SMILES string of the molecule is CCC(C)CCC[C@H]1CC[C@H](c2cnc([C@H]3CC[C@H](C#N)CC3)nc2)CC1. The second kappa shape index (κ2) is 10.2. The Morgan fingerprint density at radius 2 is 1.63 bits per heavy atom. The number of nitriles is 1. The average Bonchev–Trinajstić information content (AvgIpc) is 2.74. The number of nitrogens with zero attached hydrogens (tertiary/aromatic N) is 3. The molecule has 2 fully saturated rings. The van der Waals surface area contributed by atoms with Crippen LogP contribution in [0.4, 0.5) is 0 Å². The highest BCUT2D eigenvalue weighted by molar-refractivity contribution is 5.14. The predicted molar refractivity (Wildman–Crippen MR) is 110 cm³/mol. The first kappa shape index (κ1) is 20.3. The molecule has 3 rings (SSSR count). The Kier molecular flexibility index (Phi) is 7.68. The molecule has 2 aliphatic carbocycles. The second-order valence-corrected chi connectivity index (χ2v) is 9.21. The van der Waals surface area contributed by atoms with Gasteiger partial charge in [-0.2, -0.15) is 5.26 Å². The van der Waals surface area contributed by atoms with E-state index < -0.39 is 0 Å². The first-order chi connectivity index (χ1) is 13.2. The lowest BCUT2D eigenvalue weighted by Gasteiger charge is -2.29. The van der Waals surface area contributed by atoms with E-state index >= 15 is 0 Å². The van der Waals surface area contributed by atoms with Crippen LogP contribution in [-0.2, 0) is 0 Å². The zero-order valence-electron chi connectivity index (χ0n) is 17.4. The topological polar surface area (TPSA) is 49.6 Å². The van der Waals surface area contributed by atoms with E-state index in [9.17, 15) is 0 Å². The number of hydrogen-bond donors (Lipinski definition) is 0. The van der Waals surface area contributed by atoms with Crippen molar-refractivity contribution in [3.8, 4) is 6.07 Å². The molecule has 1 aromatic rings. The van der Waals surface area contributed by atoms with E-state index in [0.717, 1.165) is 43.3 Å². The van der Waals surface area contributed by atoms with Crippen LogP contribution >= 0.6 is 0 Å². The average molecular weight is 368 g/mol. The van der Waals surface area contributed by atoms with E-state index in [1.165, 1.54) is 56.9 Å². The lowest BCUT2D eigenvalue weighted by Crippen LogP contribution is -2.16. The van der Waals surface area contributed by atoms with Gasteiger partial charge in [-0.15, -0.1) is 0 Å². The molecule has 3 nitrogen and oxygen atoms in total. The zero-order valence-corrected chi connectivity index (χ0v) is 17.4. The molecule has 0 aliphatic heterocycles. The molecular formula is C24H37N3. The van der Waals surface area contributed by atoms with Crippen LogP contribution in [0.25, 0.3) is 0 Å². The predicted octanol–water partition coefficient (Wildman–Crippen LogP) is 6.76. The van der Waals surface area contributed by atoms with E-state index in [1.807, 2.05) is 0 Å². The summed E-state index contributed by atoms with van der Waals surface area (Å²) in [6, 6.07) is 2.41. The van der Waals surface area contributed by atoms with Crippen molar-refractivity contribution in [3.05, 3.63) is 23.8 Å². The minimum Gasteiger partial charge on any atom is -0.241 e. The Hall–Kier alpha value is -1.43. The van der Waals surface area contributed by atoms with Gasteiger partial charge >= 0.3 is 0 Å². The maximum absolute atomic E-state index is 9.05. The summed E-state index contributed by atoms with van der Waals surface area (Å²) in [5.74, 6) is 4.23. The molecule has 0 spiro atoms.